The first kappa shape index (κ1) is 15.4. The van der Waals surface area contributed by atoms with E-state index in [2.05, 4.69) is 59.9 Å². The van der Waals surface area contributed by atoms with Gasteiger partial charge in [-0.25, -0.2) is 0 Å². The van der Waals surface area contributed by atoms with Gasteiger partial charge in [-0.3, -0.25) is 0 Å². The van der Waals surface area contributed by atoms with Gasteiger partial charge in [0, 0.05) is 15.1 Å². The number of hydrogen-bond acceptors (Lipinski definition) is 2. The van der Waals surface area contributed by atoms with Crippen molar-refractivity contribution in [3.63, 3.8) is 0 Å². The maximum atomic E-state index is 5.81. The van der Waals surface area contributed by atoms with Crippen molar-refractivity contribution in [2.24, 2.45) is 0 Å². The SMILES string of the molecule is Brc1cc(Br)c(OCCSc2ccccc2)c(Br)c1. The molecule has 0 N–H and O–H groups in total. The number of halogens is 3. The van der Waals surface area contributed by atoms with E-state index in [1.807, 2.05) is 30.3 Å². The standard InChI is InChI=1S/C14H11Br3OS/c15-10-8-12(16)14(13(17)9-10)18-6-7-19-11-4-2-1-3-5-11/h1-5,8-9H,6-7H2. The highest BCUT2D eigenvalue weighted by molar-refractivity contribution is 9.11. The third-order valence-electron chi connectivity index (χ3n) is 2.30. The molecule has 0 atom stereocenters. The molecule has 100 valence electrons. The van der Waals surface area contributed by atoms with E-state index in [0.717, 1.165) is 24.9 Å². The van der Waals surface area contributed by atoms with Crippen LogP contribution in [0.1, 0.15) is 0 Å². The third kappa shape index (κ3) is 4.81. The average molecular weight is 467 g/mol. The molecule has 0 radical (unpaired) electrons. The summed E-state index contributed by atoms with van der Waals surface area (Å²) in [5.41, 5.74) is 0. The number of thioether (sulfide) groups is 1. The van der Waals surface area contributed by atoms with Crippen LogP contribution in [0.2, 0.25) is 0 Å². The van der Waals surface area contributed by atoms with Crippen molar-refractivity contribution in [2.75, 3.05) is 12.4 Å². The van der Waals surface area contributed by atoms with Gasteiger partial charge in [-0.1, -0.05) is 34.1 Å². The lowest BCUT2D eigenvalue weighted by atomic mass is 10.3. The molecule has 2 rings (SSSR count). The predicted molar refractivity (Wildman–Crippen MR) is 92.2 cm³/mol. The Bertz CT molecular complexity index is 523. The molecule has 0 bridgehead atoms. The van der Waals surface area contributed by atoms with Gasteiger partial charge < -0.3 is 4.74 Å². The van der Waals surface area contributed by atoms with Crippen LogP contribution in [0.5, 0.6) is 5.75 Å². The van der Waals surface area contributed by atoms with Crippen LogP contribution < -0.4 is 4.74 Å². The molecule has 0 amide bonds. The molecular weight excluding hydrogens is 456 g/mol. The summed E-state index contributed by atoms with van der Waals surface area (Å²) in [5.74, 6) is 1.76. The van der Waals surface area contributed by atoms with Gasteiger partial charge in [0.15, 0.2) is 0 Å². The molecule has 19 heavy (non-hydrogen) atoms. The molecule has 5 heteroatoms. The molecule has 0 saturated carbocycles. The maximum absolute atomic E-state index is 5.81. The second-order valence-electron chi connectivity index (χ2n) is 3.71. The van der Waals surface area contributed by atoms with Crippen LogP contribution in [-0.4, -0.2) is 12.4 Å². The first-order chi connectivity index (χ1) is 9.16. The summed E-state index contributed by atoms with van der Waals surface area (Å²) in [6.45, 7) is 0.665. The van der Waals surface area contributed by atoms with Crippen molar-refractivity contribution in [3.8, 4) is 5.75 Å². The molecule has 0 fully saturated rings. The fourth-order valence-corrected chi connectivity index (χ4v) is 4.73. The number of ether oxygens (including phenoxy) is 1. The Kier molecular flexibility index (Phi) is 6.26. The van der Waals surface area contributed by atoms with E-state index in [1.54, 1.807) is 11.8 Å². The first-order valence-corrected chi connectivity index (χ1v) is 8.98. The Morgan fingerprint density at radius 2 is 1.58 bits per heavy atom. The minimum atomic E-state index is 0.665. The molecule has 0 aromatic heterocycles. The zero-order chi connectivity index (χ0) is 13.7. The highest BCUT2D eigenvalue weighted by atomic mass is 79.9. The van der Waals surface area contributed by atoms with E-state index >= 15 is 0 Å². The van der Waals surface area contributed by atoms with Crippen molar-refractivity contribution in [1.82, 2.24) is 0 Å². The van der Waals surface area contributed by atoms with E-state index < -0.39 is 0 Å². The van der Waals surface area contributed by atoms with Crippen LogP contribution in [0.25, 0.3) is 0 Å². The van der Waals surface area contributed by atoms with Gasteiger partial charge in [-0.15, -0.1) is 11.8 Å². The van der Waals surface area contributed by atoms with Crippen LogP contribution >= 0.6 is 59.6 Å². The van der Waals surface area contributed by atoms with E-state index in [9.17, 15) is 0 Å². The van der Waals surface area contributed by atoms with Crippen molar-refractivity contribution < 1.29 is 4.74 Å². The molecule has 1 nitrogen and oxygen atoms in total. The lowest BCUT2D eigenvalue weighted by molar-refractivity contribution is 0.339. The van der Waals surface area contributed by atoms with Crippen LogP contribution in [0.4, 0.5) is 0 Å². The third-order valence-corrected chi connectivity index (χ3v) is 4.92. The number of rotatable bonds is 5. The minimum Gasteiger partial charge on any atom is -0.490 e. The lowest BCUT2D eigenvalue weighted by Gasteiger charge is -2.10. The van der Waals surface area contributed by atoms with Crippen molar-refractivity contribution >= 4 is 59.6 Å². The average Bonchev–Trinajstić information content (AvgIpc) is 2.38. The maximum Gasteiger partial charge on any atom is 0.147 e. The Morgan fingerprint density at radius 3 is 2.21 bits per heavy atom. The zero-order valence-corrected chi connectivity index (χ0v) is 15.5. The molecule has 0 aliphatic heterocycles. The van der Waals surface area contributed by atoms with E-state index in [0.29, 0.717) is 6.61 Å². The van der Waals surface area contributed by atoms with Crippen LogP contribution in [0, 0.1) is 0 Å². The summed E-state index contributed by atoms with van der Waals surface area (Å²) in [6.07, 6.45) is 0. The van der Waals surface area contributed by atoms with E-state index in [4.69, 9.17) is 4.74 Å². The van der Waals surface area contributed by atoms with Crippen LogP contribution in [0.3, 0.4) is 0 Å². The topological polar surface area (TPSA) is 9.23 Å². The fraction of sp³-hybridized carbons (Fsp3) is 0.143. The summed E-state index contributed by atoms with van der Waals surface area (Å²) in [4.78, 5) is 1.26. The summed E-state index contributed by atoms with van der Waals surface area (Å²) in [6, 6.07) is 14.3. The Hall–Kier alpha value is 0.0300. The minimum absolute atomic E-state index is 0.665. The summed E-state index contributed by atoms with van der Waals surface area (Å²) in [7, 11) is 0. The summed E-state index contributed by atoms with van der Waals surface area (Å²) in [5, 5.41) is 0. The summed E-state index contributed by atoms with van der Waals surface area (Å²) >= 11 is 12.2. The van der Waals surface area contributed by atoms with Crippen LogP contribution in [0.15, 0.2) is 60.8 Å². The van der Waals surface area contributed by atoms with Crippen molar-refractivity contribution in [3.05, 3.63) is 55.9 Å². The molecule has 0 spiro atoms. The van der Waals surface area contributed by atoms with Gasteiger partial charge in [-0.2, -0.15) is 0 Å². The molecule has 2 aromatic carbocycles. The molecular formula is C14H11Br3OS. The Balaban J connectivity index is 1.86. The van der Waals surface area contributed by atoms with Gasteiger partial charge in [0.05, 0.1) is 15.6 Å². The van der Waals surface area contributed by atoms with Crippen molar-refractivity contribution in [1.29, 1.82) is 0 Å². The van der Waals surface area contributed by atoms with Gasteiger partial charge in [0.25, 0.3) is 0 Å². The largest absolute Gasteiger partial charge is 0.490 e. The molecule has 0 heterocycles. The van der Waals surface area contributed by atoms with Gasteiger partial charge in [0.1, 0.15) is 5.75 Å². The number of benzene rings is 2. The number of hydrogen-bond donors (Lipinski definition) is 0. The van der Waals surface area contributed by atoms with Gasteiger partial charge in [0.2, 0.25) is 0 Å². The monoisotopic (exact) mass is 464 g/mol. The molecule has 0 unspecified atom stereocenters. The Morgan fingerprint density at radius 1 is 0.947 bits per heavy atom. The molecule has 0 saturated heterocycles. The smallest absolute Gasteiger partial charge is 0.147 e. The second kappa shape index (κ2) is 7.72. The zero-order valence-electron chi connectivity index (χ0n) is 9.91. The van der Waals surface area contributed by atoms with E-state index in [-0.39, 0.29) is 0 Å². The van der Waals surface area contributed by atoms with Crippen LogP contribution in [-0.2, 0) is 0 Å². The quantitative estimate of drug-likeness (QED) is 0.386. The highest BCUT2D eigenvalue weighted by Gasteiger charge is 2.08. The molecule has 0 aliphatic rings. The normalized spacial score (nSPS) is 10.5. The highest BCUT2D eigenvalue weighted by Crippen LogP contribution is 2.36. The lowest BCUT2D eigenvalue weighted by Crippen LogP contribution is -2.01. The predicted octanol–water partition coefficient (Wildman–Crippen LogP) is 6.15. The van der Waals surface area contributed by atoms with Gasteiger partial charge >= 0.3 is 0 Å². The first-order valence-electron chi connectivity index (χ1n) is 5.62. The van der Waals surface area contributed by atoms with E-state index in [1.165, 1.54) is 4.90 Å². The molecule has 0 aliphatic carbocycles. The molecule has 2 aromatic rings. The fourth-order valence-electron chi connectivity index (χ4n) is 1.49. The summed E-state index contributed by atoms with van der Waals surface area (Å²) < 4.78 is 8.71. The Labute approximate surface area is 142 Å². The van der Waals surface area contributed by atoms with Crippen molar-refractivity contribution in [2.45, 2.75) is 4.90 Å². The van der Waals surface area contributed by atoms with Gasteiger partial charge in [-0.05, 0) is 56.1 Å². The second-order valence-corrected chi connectivity index (χ2v) is 7.50.